The molecule has 0 aromatic heterocycles. The number of allylic oxidation sites excluding steroid dienone is 1. The minimum atomic E-state index is -0.263. The van der Waals surface area contributed by atoms with Gasteiger partial charge >= 0.3 is 0 Å². The SMILES string of the molecule is CC1C(C/C=C/c2ccc(Cl)cc2)C(=O)N1OC1CCCCO1. The summed E-state index contributed by atoms with van der Waals surface area (Å²) < 4.78 is 5.52. The molecule has 2 saturated heterocycles. The van der Waals surface area contributed by atoms with Gasteiger partial charge in [0.25, 0.3) is 5.91 Å². The van der Waals surface area contributed by atoms with E-state index in [0.29, 0.717) is 13.0 Å². The molecule has 0 spiro atoms. The number of hydrogen-bond acceptors (Lipinski definition) is 3. The Kier molecular flexibility index (Phi) is 5.36. The molecule has 0 aliphatic carbocycles. The third-order valence-electron chi connectivity index (χ3n) is 4.43. The van der Waals surface area contributed by atoms with Crippen molar-refractivity contribution in [1.82, 2.24) is 5.06 Å². The van der Waals surface area contributed by atoms with Crippen LogP contribution in [0.3, 0.4) is 0 Å². The molecule has 1 amide bonds. The monoisotopic (exact) mass is 335 g/mol. The lowest BCUT2D eigenvalue weighted by atomic mass is 9.88. The first-order chi connectivity index (χ1) is 11.1. The number of rotatable bonds is 5. The molecule has 3 rings (SSSR count). The van der Waals surface area contributed by atoms with E-state index in [0.717, 1.165) is 29.8 Å². The number of amides is 1. The van der Waals surface area contributed by atoms with Gasteiger partial charge < -0.3 is 4.74 Å². The van der Waals surface area contributed by atoms with Gasteiger partial charge in [0.05, 0.1) is 12.0 Å². The molecule has 1 aromatic carbocycles. The van der Waals surface area contributed by atoms with Gasteiger partial charge in [0, 0.05) is 18.1 Å². The fraction of sp³-hybridized carbons (Fsp3) is 0.500. The second kappa shape index (κ2) is 7.47. The van der Waals surface area contributed by atoms with Gasteiger partial charge in [-0.3, -0.25) is 4.79 Å². The van der Waals surface area contributed by atoms with Crippen LogP contribution in [0.2, 0.25) is 5.02 Å². The number of ether oxygens (including phenoxy) is 1. The van der Waals surface area contributed by atoms with E-state index in [4.69, 9.17) is 21.2 Å². The summed E-state index contributed by atoms with van der Waals surface area (Å²) in [4.78, 5) is 17.9. The average Bonchev–Trinajstić information content (AvgIpc) is 2.59. The number of halogens is 1. The molecule has 2 aliphatic heterocycles. The highest BCUT2D eigenvalue weighted by atomic mass is 35.5. The molecule has 2 aliphatic rings. The highest BCUT2D eigenvalue weighted by molar-refractivity contribution is 6.30. The van der Waals surface area contributed by atoms with Gasteiger partial charge in [0.1, 0.15) is 0 Å². The third kappa shape index (κ3) is 3.94. The van der Waals surface area contributed by atoms with Gasteiger partial charge in [-0.25, -0.2) is 9.90 Å². The zero-order valence-electron chi connectivity index (χ0n) is 13.3. The minimum Gasteiger partial charge on any atom is -0.350 e. The number of nitrogens with zero attached hydrogens (tertiary/aromatic N) is 1. The predicted molar refractivity (Wildman–Crippen MR) is 89.6 cm³/mol. The van der Waals surface area contributed by atoms with Crippen LogP contribution in [0, 0.1) is 5.92 Å². The van der Waals surface area contributed by atoms with Gasteiger partial charge in [-0.15, -0.1) is 0 Å². The van der Waals surface area contributed by atoms with Gasteiger partial charge in [0.15, 0.2) is 6.29 Å². The zero-order valence-corrected chi connectivity index (χ0v) is 14.0. The third-order valence-corrected chi connectivity index (χ3v) is 4.68. The lowest BCUT2D eigenvalue weighted by Crippen LogP contribution is -2.60. The number of carbonyl (C=O) groups is 1. The van der Waals surface area contributed by atoms with Gasteiger partial charge in [-0.05, 0) is 43.9 Å². The van der Waals surface area contributed by atoms with E-state index < -0.39 is 0 Å². The molecule has 3 unspecified atom stereocenters. The Balaban J connectivity index is 1.48. The zero-order chi connectivity index (χ0) is 16.2. The predicted octanol–water partition coefficient (Wildman–Crippen LogP) is 4.05. The fourth-order valence-electron chi connectivity index (χ4n) is 2.94. The topological polar surface area (TPSA) is 38.8 Å². The maximum absolute atomic E-state index is 12.2. The summed E-state index contributed by atoms with van der Waals surface area (Å²) in [5.74, 6) is 0.0366. The molecule has 0 bridgehead atoms. The molecule has 124 valence electrons. The Bertz CT molecular complexity index is 566. The number of carbonyl (C=O) groups excluding carboxylic acids is 1. The van der Waals surface area contributed by atoms with Crippen molar-refractivity contribution in [2.75, 3.05) is 6.61 Å². The Labute approximate surface area is 142 Å². The number of benzene rings is 1. The van der Waals surface area contributed by atoms with Crippen LogP contribution in [-0.2, 0) is 14.4 Å². The average molecular weight is 336 g/mol. The smallest absolute Gasteiger partial charge is 0.252 e. The molecule has 0 saturated carbocycles. The van der Waals surface area contributed by atoms with Crippen molar-refractivity contribution in [2.45, 2.75) is 44.9 Å². The number of β-lactam (4-membered cyclic amide) rings is 1. The van der Waals surface area contributed by atoms with Crippen molar-refractivity contribution in [3.8, 4) is 0 Å². The Hall–Kier alpha value is -1.36. The first kappa shape index (κ1) is 16.5. The summed E-state index contributed by atoms with van der Waals surface area (Å²) in [5.41, 5.74) is 1.08. The van der Waals surface area contributed by atoms with Crippen molar-refractivity contribution >= 4 is 23.6 Å². The van der Waals surface area contributed by atoms with Crippen molar-refractivity contribution < 1.29 is 14.4 Å². The molecule has 3 atom stereocenters. The standard InChI is InChI=1S/C18H22ClNO3/c1-13-16(6-4-5-14-8-10-15(19)11-9-14)18(21)20(13)23-17-7-2-3-12-22-17/h4-5,8-11,13,16-17H,2-3,6-7,12H2,1H3/b5-4+. The summed E-state index contributed by atoms with van der Waals surface area (Å²) in [6.07, 6.45) is 7.53. The lowest BCUT2D eigenvalue weighted by Gasteiger charge is -2.45. The van der Waals surface area contributed by atoms with Crippen molar-refractivity contribution in [1.29, 1.82) is 0 Å². The van der Waals surface area contributed by atoms with Crippen LogP contribution in [-0.4, -0.2) is 29.9 Å². The number of hydroxylamine groups is 2. The molecule has 2 fully saturated rings. The molecule has 23 heavy (non-hydrogen) atoms. The Morgan fingerprint density at radius 1 is 1.35 bits per heavy atom. The van der Waals surface area contributed by atoms with E-state index in [1.165, 1.54) is 5.06 Å². The normalized spacial score (nSPS) is 28.2. The van der Waals surface area contributed by atoms with E-state index in [-0.39, 0.29) is 24.2 Å². The molecular weight excluding hydrogens is 314 g/mol. The van der Waals surface area contributed by atoms with Crippen LogP contribution in [0.5, 0.6) is 0 Å². The van der Waals surface area contributed by atoms with Crippen LogP contribution in [0.4, 0.5) is 0 Å². The van der Waals surface area contributed by atoms with E-state index in [9.17, 15) is 4.79 Å². The summed E-state index contributed by atoms with van der Waals surface area (Å²) in [6, 6.07) is 7.72. The van der Waals surface area contributed by atoms with Crippen LogP contribution in [0.15, 0.2) is 30.3 Å². The fourth-order valence-corrected chi connectivity index (χ4v) is 3.07. The Morgan fingerprint density at radius 2 is 2.13 bits per heavy atom. The summed E-state index contributed by atoms with van der Waals surface area (Å²) >= 11 is 5.86. The molecule has 4 nitrogen and oxygen atoms in total. The van der Waals surface area contributed by atoms with Gasteiger partial charge in [-0.1, -0.05) is 35.9 Å². The quantitative estimate of drug-likeness (QED) is 0.762. The first-order valence-corrected chi connectivity index (χ1v) is 8.56. The van der Waals surface area contributed by atoms with Crippen LogP contribution < -0.4 is 0 Å². The van der Waals surface area contributed by atoms with Crippen molar-refractivity contribution in [2.24, 2.45) is 5.92 Å². The van der Waals surface area contributed by atoms with E-state index in [1.807, 2.05) is 43.3 Å². The van der Waals surface area contributed by atoms with Gasteiger partial charge in [-0.2, -0.15) is 0 Å². The highest BCUT2D eigenvalue weighted by Gasteiger charge is 2.46. The van der Waals surface area contributed by atoms with Crippen molar-refractivity contribution in [3.63, 3.8) is 0 Å². The largest absolute Gasteiger partial charge is 0.350 e. The van der Waals surface area contributed by atoms with Crippen LogP contribution in [0.25, 0.3) is 6.08 Å². The second-order valence-electron chi connectivity index (χ2n) is 6.10. The molecule has 0 N–H and O–H groups in total. The van der Waals surface area contributed by atoms with E-state index in [2.05, 4.69) is 0 Å². The maximum atomic E-state index is 12.2. The molecule has 1 aromatic rings. The molecule has 0 radical (unpaired) electrons. The van der Waals surface area contributed by atoms with Gasteiger partial charge in [0.2, 0.25) is 0 Å². The second-order valence-corrected chi connectivity index (χ2v) is 6.54. The summed E-state index contributed by atoms with van der Waals surface area (Å²) in [5, 5.41) is 2.21. The Morgan fingerprint density at radius 3 is 2.78 bits per heavy atom. The number of hydrogen-bond donors (Lipinski definition) is 0. The first-order valence-electron chi connectivity index (χ1n) is 8.19. The summed E-state index contributed by atoms with van der Waals surface area (Å²) in [6.45, 7) is 2.74. The lowest BCUT2D eigenvalue weighted by molar-refractivity contribution is -0.316. The van der Waals surface area contributed by atoms with Crippen LogP contribution >= 0.6 is 11.6 Å². The molecular formula is C18H22ClNO3. The molecule has 2 heterocycles. The summed E-state index contributed by atoms with van der Waals surface area (Å²) in [7, 11) is 0. The van der Waals surface area contributed by atoms with E-state index in [1.54, 1.807) is 0 Å². The van der Waals surface area contributed by atoms with Crippen LogP contribution in [0.1, 0.15) is 38.2 Å². The molecule has 5 heteroatoms. The maximum Gasteiger partial charge on any atom is 0.252 e. The highest BCUT2D eigenvalue weighted by Crippen LogP contribution is 2.32. The van der Waals surface area contributed by atoms with Crippen molar-refractivity contribution in [3.05, 3.63) is 40.9 Å². The minimum absolute atomic E-state index is 0.0119. The van der Waals surface area contributed by atoms with E-state index >= 15 is 0 Å².